The first-order valence-corrected chi connectivity index (χ1v) is 8.78. The first kappa shape index (κ1) is 17.5. The first-order chi connectivity index (χ1) is 10.3. The van der Waals surface area contributed by atoms with Gasteiger partial charge < -0.3 is 4.74 Å². The van der Waals surface area contributed by atoms with Crippen LogP contribution in [0.3, 0.4) is 0 Å². The van der Waals surface area contributed by atoms with Crippen molar-refractivity contribution in [1.29, 1.82) is 0 Å². The Kier molecular flexibility index (Phi) is 6.05. The van der Waals surface area contributed by atoms with Crippen molar-refractivity contribution in [1.82, 2.24) is 4.90 Å². The molecule has 0 aliphatic carbocycles. The molecule has 1 aromatic carbocycles. The molecule has 0 amide bonds. The highest BCUT2D eigenvalue weighted by Gasteiger charge is 2.23. The smallest absolute Gasteiger partial charge is 0.0714 e. The van der Waals surface area contributed by atoms with E-state index in [1.165, 1.54) is 24.0 Å². The molecule has 124 valence electrons. The van der Waals surface area contributed by atoms with E-state index in [9.17, 15) is 0 Å². The van der Waals surface area contributed by atoms with Crippen LogP contribution in [0.4, 0.5) is 0 Å². The molecular formula is C20H33NO. The second kappa shape index (κ2) is 7.61. The average Bonchev–Trinajstić information content (AvgIpc) is 2.85. The molecular weight excluding hydrogens is 270 g/mol. The van der Waals surface area contributed by atoms with E-state index in [1.807, 2.05) is 0 Å². The third-order valence-corrected chi connectivity index (χ3v) is 4.48. The molecule has 1 aliphatic heterocycles. The van der Waals surface area contributed by atoms with Crippen LogP contribution in [0.1, 0.15) is 58.6 Å². The SMILES string of the molecule is CC(C)CCOC1CCN(Cc2cccc(C(C)(C)C)c2)C1. The van der Waals surface area contributed by atoms with E-state index >= 15 is 0 Å². The fourth-order valence-corrected chi connectivity index (χ4v) is 2.94. The van der Waals surface area contributed by atoms with Gasteiger partial charge in [-0.05, 0) is 35.3 Å². The number of hydrogen-bond donors (Lipinski definition) is 0. The standard InChI is InChI=1S/C20H33NO/c1-16(2)10-12-22-19-9-11-21(15-19)14-17-7-6-8-18(13-17)20(3,4)5/h6-8,13,16,19H,9-12,14-15H2,1-5H3. The van der Waals surface area contributed by atoms with Crippen LogP contribution in [0, 0.1) is 5.92 Å². The van der Waals surface area contributed by atoms with E-state index in [0.29, 0.717) is 6.10 Å². The van der Waals surface area contributed by atoms with Gasteiger partial charge in [-0.25, -0.2) is 0 Å². The zero-order valence-electron chi connectivity index (χ0n) is 15.1. The van der Waals surface area contributed by atoms with E-state index in [-0.39, 0.29) is 5.41 Å². The van der Waals surface area contributed by atoms with Crippen molar-refractivity contribution in [3.8, 4) is 0 Å². The molecule has 1 fully saturated rings. The number of hydrogen-bond acceptors (Lipinski definition) is 2. The number of ether oxygens (including phenoxy) is 1. The number of rotatable bonds is 6. The van der Waals surface area contributed by atoms with Gasteiger partial charge in [-0.15, -0.1) is 0 Å². The Morgan fingerprint density at radius 3 is 2.73 bits per heavy atom. The van der Waals surface area contributed by atoms with Crippen LogP contribution in [0.15, 0.2) is 24.3 Å². The number of benzene rings is 1. The summed E-state index contributed by atoms with van der Waals surface area (Å²) in [6.07, 6.45) is 2.78. The van der Waals surface area contributed by atoms with Crippen molar-refractivity contribution in [3.05, 3.63) is 35.4 Å². The molecule has 1 heterocycles. The molecule has 0 bridgehead atoms. The van der Waals surface area contributed by atoms with Gasteiger partial charge in [-0.3, -0.25) is 4.90 Å². The molecule has 1 unspecified atom stereocenters. The Morgan fingerprint density at radius 2 is 2.05 bits per heavy atom. The van der Waals surface area contributed by atoms with Crippen LogP contribution in [0.25, 0.3) is 0 Å². The van der Waals surface area contributed by atoms with Gasteiger partial charge in [0.05, 0.1) is 6.10 Å². The van der Waals surface area contributed by atoms with Crippen LogP contribution < -0.4 is 0 Å². The Balaban J connectivity index is 1.83. The van der Waals surface area contributed by atoms with Gasteiger partial charge in [0, 0.05) is 26.2 Å². The number of nitrogens with zero attached hydrogens (tertiary/aromatic N) is 1. The van der Waals surface area contributed by atoms with Crippen LogP contribution in [0.5, 0.6) is 0 Å². The van der Waals surface area contributed by atoms with Crippen LogP contribution in [-0.2, 0) is 16.7 Å². The van der Waals surface area contributed by atoms with Gasteiger partial charge in [0.25, 0.3) is 0 Å². The molecule has 1 aromatic rings. The molecule has 22 heavy (non-hydrogen) atoms. The molecule has 0 N–H and O–H groups in total. The molecule has 0 aromatic heterocycles. The Bertz CT molecular complexity index is 461. The van der Waals surface area contributed by atoms with E-state index in [2.05, 4.69) is 63.8 Å². The highest BCUT2D eigenvalue weighted by molar-refractivity contribution is 5.28. The van der Waals surface area contributed by atoms with E-state index in [0.717, 1.165) is 32.2 Å². The lowest BCUT2D eigenvalue weighted by Crippen LogP contribution is -2.23. The quantitative estimate of drug-likeness (QED) is 0.760. The van der Waals surface area contributed by atoms with E-state index in [1.54, 1.807) is 0 Å². The minimum atomic E-state index is 0.226. The molecule has 0 saturated carbocycles. The minimum absolute atomic E-state index is 0.226. The summed E-state index contributed by atoms with van der Waals surface area (Å²) in [7, 11) is 0. The summed E-state index contributed by atoms with van der Waals surface area (Å²) in [6, 6.07) is 9.06. The van der Waals surface area contributed by atoms with Crippen molar-refractivity contribution in [3.63, 3.8) is 0 Å². The van der Waals surface area contributed by atoms with Gasteiger partial charge in [0.2, 0.25) is 0 Å². The van der Waals surface area contributed by atoms with Gasteiger partial charge in [-0.2, -0.15) is 0 Å². The zero-order chi connectivity index (χ0) is 16.2. The Labute approximate surface area is 136 Å². The molecule has 1 saturated heterocycles. The lowest BCUT2D eigenvalue weighted by Gasteiger charge is -2.21. The molecule has 1 atom stereocenters. The molecule has 2 rings (SSSR count). The fraction of sp³-hybridized carbons (Fsp3) is 0.700. The predicted molar refractivity (Wildman–Crippen MR) is 94.2 cm³/mol. The van der Waals surface area contributed by atoms with Gasteiger partial charge >= 0.3 is 0 Å². The normalized spacial score (nSPS) is 20.0. The van der Waals surface area contributed by atoms with Gasteiger partial charge in [0.15, 0.2) is 0 Å². The molecule has 0 radical (unpaired) electrons. The molecule has 1 aliphatic rings. The monoisotopic (exact) mass is 303 g/mol. The summed E-state index contributed by atoms with van der Waals surface area (Å²) in [5.41, 5.74) is 3.08. The summed E-state index contributed by atoms with van der Waals surface area (Å²) in [5.74, 6) is 0.734. The average molecular weight is 303 g/mol. The molecule has 0 spiro atoms. The minimum Gasteiger partial charge on any atom is -0.377 e. The van der Waals surface area contributed by atoms with Crippen molar-refractivity contribution < 1.29 is 4.74 Å². The maximum atomic E-state index is 6.02. The van der Waals surface area contributed by atoms with Crippen molar-refractivity contribution >= 4 is 0 Å². The van der Waals surface area contributed by atoms with Crippen LogP contribution in [0.2, 0.25) is 0 Å². The summed E-state index contributed by atoms with van der Waals surface area (Å²) < 4.78 is 6.02. The maximum absolute atomic E-state index is 6.02. The zero-order valence-corrected chi connectivity index (χ0v) is 15.1. The van der Waals surface area contributed by atoms with Crippen molar-refractivity contribution in [2.45, 2.75) is 65.5 Å². The second-order valence-corrected chi connectivity index (χ2v) is 8.15. The maximum Gasteiger partial charge on any atom is 0.0714 e. The Morgan fingerprint density at radius 1 is 1.27 bits per heavy atom. The highest BCUT2D eigenvalue weighted by atomic mass is 16.5. The summed E-state index contributed by atoms with van der Waals surface area (Å²) in [5, 5.41) is 0. The lowest BCUT2D eigenvalue weighted by molar-refractivity contribution is 0.0518. The van der Waals surface area contributed by atoms with Crippen molar-refractivity contribution in [2.24, 2.45) is 5.92 Å². The second-order valence-electron chi connectivity index (χ2n) is 8.15. The fourth-order valence-electron chi connectivity index (χ4n) is 2.94. The third-order valence-electron chi connectivity index (χ3n) is 4.48. The molecule has 2 heteroatoms. The summed E-state index contributed by atoms with van der Waals surface area (Å²) in [6.45, 7) is 15.5. The third kappa shape index (κ3) is 5.40. The Hall–Kier alpha value is -0.860. The number of likely N-dealkylation sites (tertiary alicyclic amines) is 1. The van der Waals surface area contributed by atoms with Crippen LogP contribution in [-0.4, -0.2) is 30.7 Å². The predicted octanol–water partition coefficient (Wildman–Crippen LogP) is 4.62. The van der Waals surface area contributed by atoms with E-state index < -0.39 is 0 Å². The van der Waals surface area contributed by atoms with Crippen LogP contribution >= 0.6 is 0 Å². The molecule has 2 nitrogen and oxygen atoms in total. The van der Waals surface area contributed by atoms with Gasteiger partial charge in [-0.1, -0.05) is 58.9 Å². The van der Waals surface area contributed by atoms with Gasteiger partial charge in [0.1, 0.15) is 0 Å². The summed E-state index contributed by atoms with van der Waals surface area (Å²) >= 11 is 0. The topological polar surface area (TPSA) is 12.5 Å². The van der Waals surface area contributed by atoms with Crippen molar-refractivity contribution in [2.75, 3.05) is 19.7 Å². The lowest BCUT2D eigenvalue weighted by atomic mass is 9.86. The van der Waals surface area contributed by atoms with E-state index in [4.69, 9.17) is 4.74 Å². The largest absolute Gasteiger partial charge is 0.377 e. The highest BCUT2D eigenvalue weighted by Crippen LogP contribution is 2.24. The first-order valence-electron chi connectivity index (χ1n) is 8.78. The summed E-state index contributed by atoms with van der Waals surface area (Å²) in [4.78, 5) is 2.53.